The molecule has 0 unspecified atom stereocenters. The van der Waals surface area contributed by atoms with Gasteiger partial charge in [0.15, 0.2) is 0 Å². The molecule has 0 aliphatic carbocycles. The predicted molar refractivity (Wildman–Crippen MR) is 90.5 cm³/mol. The Hall–Kier alpha value is -2.15. The summed E-state index contributed by atoms with van der Waals surface area (Å²) in [5, 5.41) is 21.3. The van der Waals surface area contributed by atoms with Gasteiger partial charge < -0.3 is 9.84 Å². The first-order valence-corrected chi connectivity index (χ1v) is 8.01. The van der Waals surface area contributed by atoms with Crippen molar-refractivity contribution in [1.29, 1.82) is 0 Å². The van der Waals surface area contributed by atoms with Gasteiger partial charge in [-0.1, -0.05) is 29.8 Å². The smallest absolute Gasteiger partial charge is 0.311 e. The van der Waals surface area contributed by atoms with Crippen molar-refractivity contribution in [2.45, 2.75) is 19.1 Å². The lowest BCUT2D eigenvalue weighted by molar-refractivity contribution is -0.385. The number of hydrogen-bond acceptors (Lipinski definition) is 5. The van der Waals surface area contributed by atoms with Crippen LogP contribution in [0.4, 0.5) is 5.69 Å². The Morgan fingerprint density at radius 3 is 2.75 bits per heavy atom. The number of nitro groups is 1. The number of likely N-dealkylation sites (tertiary alicyclic amines) is 1. The molecule has 2 aromatic carbocycles. The first kappa shape index (κ1) is 16.7. The van der Waals surface area contributed by atoms with E-state index >= 15 is 0 Å². The van der Waals surface area contributed by atoms with Crippen LogP contribution in [0.1, 0.15) is 12.0 Å². The van der Waals surface area contributed by atoms with Gasteiger partial charge in [-0.3, -0.25) is 15.0 Å². The van der Waals surface area contributed by atoms with Crippen LogP contribution in [0.5, 0.6) is 11.5 Å². The quantitative estimate of drug-likeness (QED) is 0.660. The van der Waals surface area contributed by atoms with E-state index in [9.17, 15) is 15.2 Å². The van der Waals surface area contributed by atoms with Crippen LogP contribution < -0.4 is 4.74 Å². The topological polar surface area (TPSA) is 75.8 Å². The lowest BCUT2D eigenvalue weighted by Gasteiger charge is -2.15. The molecule has 1 fully saturated rings. The van der Waals surface area contributed by atoms with Crippen molar-refractivity contribution in [3.63, 3.8) is 0 Å². The number of para-hydroxylation sites is 1. The van der Waals surface area contributed by atoms with Crippen LogP contribution in [-0.4, -0.2) is 34.1 Å². The summed E-state index contributed by atoms with van der Waals surface area (Å²) in [6, 6.07) is 11.7. The van der Waals surface area contributed by atoms with Crippen LogP contribution in [0.25, 0.3) is 0 Å². The number of halogens is 1. The molecule has 7 heteroatoms. The van der Waals surface area contributed by atoms with Crippen LogP contribution in [0, 0.1) is 10.1 Å². The summed E-state index contributed by atoms with van der Waals surface area (Å²) < 4.78 is 5.62. The number of benzene rings is 2. The van der Waals surface area contributed by atoms with Crippen molar-refractivity contribution >= 4 is 17.3 Å². The number of ether oxygens (including phenoxy) is 1. The predicted octanol–water partition coefficient (Wildman–Crippen LogP) is 3.61. The van der Waals surface area contributed by atoms with Crippen molar-refractivity contribution in [3.8, 4) is 11.5 Å². The van der Waals surface area contributed by atoms with Gasteiger partial charge in [-0.2, -0.15) is 0 Å². The summed E-state index contributed by atoms with van der Waals surface area (Å²) in [7, 11) is 0. The molecule has 0 radical (unpaired) electrons. The van der Waals surface area contributed by atoms with Gasteiger partial charge in [0.2, 0.25) is 5.75 Å². The Morgan fingerprint density at radius 2 is 2.08 bits per heavy atom. The maximum absolute atomic E-state index is 11.4. The van der Waals surface area contributed by atoms with Gasteiger partial charge in [0, 0.05) is 25.7 Å². The lowest BCUT2D eigenvalue weighted by Crippen LogP contribution is -2.21. The molecule has 126 valence electrons. The minimum absolute atomic E-state index is 0.104. The molecule has 1 saturated heterocycles. The zero-order valence-electron chi connectivity index (χ0n) is 12.9. The Morgan fingerprint density at radius 1 is 1.29 bits per heavy atom. The van der Waals surface area contributed by atoms with Crippen molar-refractivity contribution in [2.24, 2.45) is 0 Å². The molecule has 0 bridgehead atoms. The molecule has 3 rings (SSSR count). The highest BCUT2D eigenvalue weighted by molar-refractivity contribution is 6.32. The van der Waals surface area contributed by atoms with Crippen molar-refractivity contribution in [3.05, 3.63) is 63.2 Å². The van der Waals surface area contributed by atoms with Crippen LogP contribution in [0.3, 0.4) is 0 Å². The van der Waals surface area contributed by atoms with E-state index in [-0.39, 0.29) is 17.5 Å². The standard InChI is InChI=1S/C17H17ClN2O4/c18-14-3-1-2-4-16(14)24-17-6-5-12(9-15(17)20(22)23)10-19-8-7-13(21)11-19/h1-6,9,13,21H,7-8,10-11H2/t13-/m1/s1. The van der Waals surface area contributed by atoms with Crippen LogP contribution in [0.2, 0.25) is 5.02 Å². The molecule has 1 aliphatic heterocycles. The van der Waals surface area contributed by atoms with Gasteiger partial charge in [-0.05, 0) is 30.2 Å². The van der Waals surface area contributed by atoms with Crippen LogP contribution in [0.15, 0.2) is 42.5 Å². The molecule has 0 spiro atoms. The summed E-state index contributed by atoms with van der Waals surface area (Å²) >= 11 is 6.04. The van der Waals surface area contributed by atoms with Gasteiger partial charge in [-0.25, -0.2) is 0 Å². The van der Waals surface area contributed by atoms with E-state index in [1.807, 2.05) is 0 Å². The third-order valence-electron chi connectivity index (χ3n) is 3.93. The van der Waals surface area contributed by atoms with E-state index in [0.717, 1.165) is 18.5 Å². The SMILES string of the molecule is O=[N+]([O-])c1cc(CN2CC[C@@H](O)C2)ccc1Oc1ccccc1Cl. The minimum atomic E-state index is -0.464. The fourth-order valence-electron chi connectivity index (χ4n) is 2.75. The highest BCUT2D eigenvalue weighted by Gasteiger charge is 2.22. The summed E-state index contributed by atoms with van der Waals surface area (Å²) in [6.07, 6.45) is 0.415. The second-order valence-corrected chi connectivity index (χ2v) is 6.18. The second-order valence-electron chi connectivity index (χ2n) is 5.77. The molecular formula is C17H17ClN2O4. The Kier molecular flexibility index (Phi) is 4.99. The van der Waals surface area contributed by atoms with Crippen molar-refractivity contribution in [2.75, 3.05) is 13.1 Å². The fourth-order valence-corrected chi connectivity index (χ4v) is 2.92. The van der Waals surface area contributed by atoms with E-state index < -0.39 is 4.92 Å². The Bertz CT molecular complexity index is 753. The number of nitro benzene ring substituents is 1. The molecule has 24 heavy (non-hydrogen) atoms. The molecule has 6 nitrogen and oxygen atoms in total. The van der Waals surface area contributed by atoms with E-state index in [2.05, 4.69) is 4.90 Å². The molecular weight excluding hydrogens is 332 g/mol. The first-order chi connectivity index (χ1) is 11.5. The molecule has 1 heterocycles. The molecule has 0 amide bonds. The Labute approximate surface area is 144 Å². The third-order valence-corrected chi connectivity index (χ3v) is 4.24. The first-order valence-electron chi connectivity index (χ1n) is 7.63. The monoisotopic (exact) mass is 348 g/mol. The number of β-amino-alcohol motifs (C(OH)–C–C–N with tert-alkyl or cyclic N) is 1. The van der Waals surface area contributed by atoms with Crippen molar-refractivity contribution in [1.82, 2.24) is 4.90 Å². The summed E-state index contributed by atoms with van der Waals surface area (Å²) in [6.45, 7) is 1.93. The zero-order valence-corrected chi connectivity index (χ0v) is 13.6. The molecule has 1 atom stereocenters. The lowest BCUT2D eigenvalue weighted by atomic mass is 10.1. The van der Waals surface area contributed by atoms with Crippen molar-refractivity contribution < 1.29 is 14.8 Å². The zero-order chi connectivity index (χ0) is 17.1. The van der Waals surface area contributed by atoms with Crippen LogP contribution in [-0.2, 0) is 6.54 Å². The second kappa shape index (κ2) is 7.17. The third kappa shape index (κ3) is 3.84. The molecule has 2 aromatic rings. The number of aliphatic hydroxyl groups is 1. The number of rotatable bonds is 5. The fraction of sp³-hybridized carbons (Fsp3) is 0.294. The number of aliphatic hydroxyl groups excluding tert-OH is 1. The summed E-state index contributed by atoms with van der Waals surface area (Å²) in [4.78, 5) is 13.0. The molecule has 1 N–H and O–H groups in total. The van der Waals surface area contributed by atoms with Gasteiger partial charge >= 0.3 is 5.69 Å². The molecule has 0 aromatic heterocycles. The number of nitrogens with zero attached hydrogens (tertiary/aromatic N) is 2. The average Bonchev–Trinajstić information content (AvgIpc) is 2.96. The summed E-state index contributed by atoms with van der Waals surface area (Å²) in [5.41, 5.74) is 0.703. The summed E-state index contributed by atoms with van der Waals surface area (Å²) in [5.74, 6) is 0.524. The van der Waals surface area contributed by atoms with Crippen LogP contribution >= 0.6 is 11.6 Å². The molecule has 0 saturated carbocycles. The maximum atomic E-state index is 11.4. The van der Waals surface area contributed by atoms with Gasteiger partial charge in [0.05, 0.1) is 16.0 Å². The normalized spacial score (nSPS) is 17.8. The van der Waals surface area contributed by atoms with E-state index in [0.29, 0.717) is 23.9 Å². The molecule has 1 aliphatic rings. The van der Waals surface area contributed by atoms with Gasteiger partial charge in [0.25, 0.3) is 0 Å². The van der Waals surface area contributed by atoms with E-state index in [1.54, 1.807) is 36.4 Å². The van der Waals surface area contributed by atoms with E-state index in [1.165, 1.54) is 6.07 Å². The maximum Gasteiger partial charge on any atom is 0.311 e. The van der Waals surface area contributed by atoms with Gasteiger partial charge in [-0.15, -0.1) is 0 Å². The number of hydrogen-bond donors (Lipinski definition) is 1. The Balaban J connectivity index is 1.82. The minimum Gasteiger partial charge on any atom is -0.449 e. The average molecular weight is 349 g/mol. The highest BCUT2D eigenvalue weighted by Crippen LogP contribution is 2.35. The van der Waals surface area contributed by atoms with E-state index in [4.69, 9.17) is 16.3 Å². The van der Waals surface area contributed by atoms with Gasteiger partial charge in [0.1, 0.15) is 5.75 Å². The largest absolute Gasteiger partial charge is 0.449 e. The highest BCUT2D eigenvalue weighted by atomic mass is 35.5.